The third-order valence-corrected chi connectivity index (χ3v) is 5.60. The highest BCUT2D eigenvalue weighted by atomic mass is 35.5. The van der Waals surface area contributed by atoms with E-state index in [1.165, 1.54) is 18.2 Å². The van der Waals surface area contributed by atoms with Crippen LogP contribution in [-0.2, 0) is 16.1 Å². The fourth-order valence-corrected chi connectivity index (χ4v) is 3.99. The van der Waals surface area contributed by atoms with E-state index in [0.717, 1.165) is 18.7 Å². The summed E-state index contributed by atoms with van der Waals surface area (Å²) in [4.78, 5) is 29.2. The lowest BCUT2D eigenvalue weighted by atomic mass is 10.1. The van der Waals surface area contributed by atoms with Crippen LogP contribution in [0.15, 0.2) is 48.5 Å². The number of ether oxygens (including phenoxy) is 1. The Morgan fingerprint density at radius 2 is 1.88 bits per heavy atom. The van der Waals surface area contributed by atoms with E-state index in [1.54, 1.807) is 57.2 Å². The van der Waals surface area contributed by atoms with Gasteiger partial charge in [-0.1, -0.05) is 23.7 Å². The molecule has 1 heterocycles. The normalized spacial score (nSPS) is 17.1. The van der Waals surface area contributed by atoms with Crippen molar-refractivity contribution in [3.05, 3.63) is 70.5 Å². The minimum absolute atomic E-state index is 0.0186. The number of rotatable bonds is 5. The molecule has 1 unspecified atom stereocenters. The molecule has 1 N–H and O–H groups in total. The number of amides is 2. The van der Waals surface area contributed by atoms with Crippen molar-refractivity contribution in [2.75, 3.05) is 25.0 Å². The van der Waals surface area contributed by atoms with E-state index in [2.05, 4.69) is 10.2 Å². The van der Waals surface area contributed by atoms with Crippen molar-refractivity contribution < 1.29 is 18.7 Å². The van der Waals surface area contributed by atoms with Crippen LogP contribution in [0.4, 0.5) is 14.9 Å². The number of nitrogens with zero attached hydrogens (tertiary/aromatic N) is 2. The van der Waals surface area contributed by atoms with Crippen LogP contribution in [0.25, 0.3) is 6.08 Å². The van der Waals surface area contributed by atoms with Crippen molar-refractivity contribution in [1.82, 2.24) is 9.80 Å². The highest BCUT2D eigenvalue weighted by Crippen LogP contribution is 2.23. The molecular weight excluding hydrogens is 457 g/mol. The highest BCUT2D eigenvalue weighted by molar-refractivity contribution is 6.30. The zero-order valence-corrected chi connectivity index (χ0v) is 20.7. The first-order chi connectivity index (χ1) is 16.0. The number of halogens is 2. The van der Waals surface area contributed by atoms with E-state index in [0.29, 0.717) is 29.4 Å². The molecular formula is C26H31ClFN3O3. The lowest BCUT2D eigenvalue weighted by Gasteiger charge is -2.39. The van der Waals surface area contributed by atoms with Gasteiger partial charge >= 0.3 is 6.09 Å². The summed E-state index contributed by atoms with van der Waals surface area (Å²) in [6.45, 7) is 10.1. The Labute approximate surface area is 205 Å². The second-order valence-electron chi connectivity index (χ2n) is 9.43. The van der Waals surface area contributed by atoms with Gasteiger partial charge in [0.15, 0.2) is 0 Å². The summed E-state index contributed by atoms with van der Waals surface area (Å²) in [5.41, 5.74) is 1.52. The van der Waals surface area contributed by atoms with Crippen LogP contribution < -0.4 is 5.32 Å². The Kier molecular flexibility index (Phi) is 8.33. The number of hydrogen-bond donors (Lipinski definition) is 1. The van der Waals surface area contributed by atoms with Crippen molar-refractivity contribution >= 4 is 35.4 Å². The van der Waals surface area contributed by atoms with Gasteiger partial charge in [0.25, 0.3) is 0 Å². The molecule has 2 aromatic rings. The van der Waals surface area contributed by atoms with E-state index in [4.69, 9.17) is 16.3 Å². The summed E-state index contributed by atoms with van der Waals surface area (Å²) in [6.07, 6.45) is 2.57. The quantitative estimate of drug-likeness (QED) is 0.560. The summed E-state index contributed by atoms with van der Waals surface area (Å²) >= 11 is 6.14. The largest absolute Gasteiger partial charge is 0.444 e. The van der Waals surface area contributed by atoms with Crippen LogP contribution in [0.1, 0.15) is 38.8 Å². The van der Waals surface area contributed by atoms with Gasteiger partial charge < -0.3 is 9.64 Å². The number of carbonyl (C=O) groups excluding carboxylic acids is 2. The number of piperazine rings is 1. The summed E-state index contributed by atoms with van der Waals surface area (Å²) in [6, 6.07) is 11.5. The molecule has 1 aliphatic heterocycles. The lowest BCUT2D eigenvalue weighted by Crippen LogP contribution is -2.53. The Bertz CT molecular complexity index is 1050. The van der Waals surface area contributed by atoms with Crippen molar-refractivity contribution in [2.24, 2.45) is 0 Å². The number of hydrogen-bond acceptors (Lipinski definition) is 4. The molecule has 34 heavy (non-hydrogen) atoms. The average molecular weight is 488 g/mol. The molecule has 8 heteroatoms. The summed E-state index contributed by atoms with van der Waals surface area (Å²) in [5.74, 6) is -0.361. The minimum Gasteiger partial charge on any atom is -0.444 e. The molecule has 6 nitrogen and oxygen atoms in total. The van der Waals surface area contributed by atoms with Crippen LogP contribution in [-0.4, -0.2) is 53.1 Å². The third-order valence-electron chi connectivity index (χ3n) is 5.37. The first kappa shape index (κ1) is 25.7. The second-order valence-corrected chi connectivity index (χ2v) is 9.87. The highest BCUT2D eigenvalue weighted by Gasteiger charge is 2.26. The fourth-order valence-electron chi connectivity index (χ4n) is 3.81. The van der Waals surface area contributed by atoms with Crippen LogP contribution in [0.2, 0.25) is 5.02 Å². The predicted molar refractivity (Wildman–Crippen MR) is 133 cm³/mol. The third kappa shape index (κ3) is 7.57. The van der Waals surface area contributed by atoms with E-state index in [-0.39, 0.29) is 17.8 Å². The van der Waals surface area contributed by atoms with Gasteiger partial charge in [-0.15, -0.1) is 0 Å². The second kappa shape index (κ2) is 11.0. The molecule has 0 spiro atoms. The van der Waals surface area contributed by atoms with E-state index < -0.39 is 11.7 Å². The lowest BCUT2D eigenvalue weighted by molar-refractivity contribution is -0.130. The Balaban J connectivity index is 1.62. The molecule has 0 aliphatic carbocycles. The van der Waals surface area contributed by atoms with E-state index in [9.17, 15) is 14.0 Å². The first-order valence-corrected chi connectivity index (χ1v) is 11.6. The van der Waals surface area contributed by atoms with Crippen LogP contribution in [0.3, 0.4) is 0 Å². The number of nitrogens with one attached hydrogen (secondary N) is 1. The minimum atomic E-state index is -0.628. The first-order valence-electron chi connectivity index (χ1n) is 11.3. The molecule has 1 aliphatic rings. The van der Waals surface area contributed by atoms with Gasteiger partial charge in [-0.3, -0.25) is 15.0 Å². The molecule has 1 fully saturated rings. The smallest absolute Gasteiger partial charge is 0.412 e. The van der Waals surface area contributed by atoms with Crippen molar-refractivity contribution in [2.45, 2.75) is 45.9 Å². The molecule has 1 atom stereocenters. The molecule has 182 valence electrons. The average Bonchev–Trinajstić information content (AvgIpc) is 2.74. The molecule has 0 aromatic heterocycles. The summed E-state index contributed by atoms with van der Waals surface area (Å²) < 4.78 is 18.5. The molecule has 2 aromatic carbocycles. The molecule has 2 amide bonds. The standard InChI is InChI=1S/C26H31ClFN3O3/c1-18-16-30(17-19-5-9-22(28)10-6-19)13-14-31(18)24(32)12-7-20-15-21(27)8-11-23(20)29-25(33)34-26(2,3)4/h5-12,15,18H,13-14,16-17H2,1-4H3,(H,29,33). The molecule has 0 saturated carbocycles. The maximum absolute atomic E-state index is 13.1. The number of anilines is 1. The van der Waals surface area contributed by atoms with E-state index >= 15 is 0 Å². The van der Waals surface area contributed by atoms with Crippen LogP contribution >= 0.6 is 11.6 Å². The Hall–Kier alpha value is -2.90. The maximum atomic E-state index is 13.1. The number of carbonyl (C=O) groups is 2. The molecule has 3 rings (SSSR count). The topological polar surface area (TPSA) is 61.9 Å². The Morgan fingerprint density at radius 1 is 1.18 bits per heavy atom. The zero-order valence-electron chi connectivity index (χ0n) is 20.0. The van der Waals surface area contributed by atoms with Gasteiger partial charge in [-0.25, -0.2) is 9.18 Å². The van der Waals surface area contributed by atoms with Gasteiger partial charge in [0.05, 0.1) is 5.69 Å². The SMILES string of the molecule is CC1CN(Cc2ccc(F)cc2)CCN1C(=O)C=Cc1cc(Cl)ccc1NC(=O)OC(C)(C)C. The van der Waals surface area contributed by atoms with Crippen LogP contribution in [0.5, 0.6) is 0 Å². The van der Waals surface area contributed by atoms with Crippen LogP contribution in [0, 0.1) is 5.82 Å². The van der Waals surface area contributed by atoms with Crippen molar-refractivity contribution in [1.29, 1.82) is 0 Å². The summed E-state index contributed by atoms with van der Waals surface area (Å²) in [5, 5.41) is 3.20. The van der Waals surface area contributed by atoms with Gasteiger partial charge in [0.1, 0.15) is 11.4 Å². The van der Waals surface area contributed by atoms with Crippen molar-refractivity contribution in [3.8, 4) is 0 Å². The zero-order chi connectivity index (χ0) is 24.9. The van der Waals surface area contributed by atoms with Gasteiger partial charge in [0, 0.05) is 43.3 Å². The molecule has 0 bridgehead atoms. The molecule has 1 saturated heterocycles. The van der Waals surface area contributed by atoms with Gasteiger partial charge in [-0.2, -0.15) is 0 Å². The number of benzene rings is 2. The van der Waals surface area contributed by atoms with Gasteiger partial charge in [0.2, 0.25) is 5.91 Å². The van der Waals surface area contributed by atoms with Gasteiger partial charge in [-0.05, 0) is 75.2 Å². The molecule has 0 radical (unpaired) electrons. The van der Waals surface area contributed by atoms with Crippen molar-refractivity contribution in [3.63, 3.8) is 0 Å². The predicted octanol–water partition coefficient (Wildman–Crippen LogP) is 5.57. The Morgan fingerprint density at radius 3 is 2.53 bits per heavy atom. The fraction of sp³-hybridized carbons (Fsp3) is 0.385. The van der Waals surface area contributed by atoms with E-state index in [1.807, 2.05) is 11.8 Å². The monoisotopic (exact) mass is 487 g/mol. The summed E-state index contributed by atoms with van der Waals surface area (Å²) in [7, 11) is 0. The maximum Gasteiger partial charge on any atom is 0.412 e.